The smallest absolute Gasteiger partial charge is 0.00887 e. The monoisotopic (exact) mass is 196 g/mol. The highest BCUT2D eigenvalue weighted by atomic mass is 31.1. The zero-order valence-corrected chi connectivity index (χ0v) is 9.73. The molecule has 13 heavy (non-hydrogen) atoms. The minimum atomic E-state index is 1.01. The molecule has 0 aromatic heterocycles. The predicted octanol–water partition coefficient (Wildman–Crippen LogP) is 3.66. The molecular weight excluding hydrogens is 175 g/mol. The molecule has 0 aliphatic heterocycles. The van der Waals surface area contributed by atoms with Crippen molar-refractivity contribution in [3.05, 3.63) is 0 Å². The fourth-order valence-electron chi connectivity index (χ4n) is 1.83. The Morgan fingerprint density at radius 3 is 2.31 bits per heavy atom. The molecule has 74 valence electrons. The average Bonchev–Trinajstić information content (AvgIpc) is 2.28. The molecule has 0 aromatic carbocycles. The van der Waals surface area contributed by atoms with Gasteiger partial charge in [-0.1, -0.05) is 6.92 Å². The largest absolute Gasteiger partial charge is 0.122 e. The van der Waals surface area contributed by atoms with Gasteiger partial charge in [0.1, 0.15) is 0 Å². The van der Waals surface area contributed by atoms with Crippen molar-refractivity contribution in [1.82, 2.24) is 0 Å². The molecule has 0 spiro atoms. The van der Waals surface area contributed by atoms with Crippen LogP contribution < -0.4 is 0 Å². The van der Waals surface area contributed by atoms with Gasteiger partial charge in [0.05, 0.1) is 0 Å². The van der Waals surface area contributed by atoms with Crippen LogP contribution in [0.4, 0.5) is 0 Å². The van der Waals surface area contributed by atoms with Crippen molar-refractivity contribution in [3.8, 4) is 11.8 Å². The van der Waals surface area contributed by atoms with Gasteiger partial charge in [-0.05, 0) is 43.9 Å². The Kier molecular flexibility index (Phi) is 6.30. The van der Waals surface area contributed by atoms with Crippen molar-refractivity contribution in [2.45, 2.75) is 45.4 Å². The normalized spacial score (nSPS) is 20.4. The maximum Gasteiger partial charge on any atom is 0.00887 e. The molecule has 0 heterocycles. The minimum Gasteiger partial charge on any atom is -0.122 e. The summed E-state index contributed by atoms with van der Waals surface area (Å²) in [5.41, 5.74) is 0. The molecule has 0 nitrogen and oxygen atoms in total. The van der Waals surface area contributed by atoms with Gasteiger partial charge in [0.25, 0.3) is 0 Å². The first-order valence-electron chi connectivity index (χ1n) is 5.60. The van der Waals surface area contributed by atoms with E-state index in [4.69, 9.17) is 0 Å². The summed E-state index contributed by atoms with van der Waals surface area (Å²) in [6.07, 6.45) is 10.7. The molecule has 0 saturated carbocycles. The Morgan fingerprint density at radius 1 is 1.15 bits per heavy atom. The van der Waals surface area contributed by atoms with Crippen molar-refractivity contribution in [3.63, 3.8) is 0 Å². The number of hydrogen-bond acceptors (Lipinski definition) is 0. The van der Waals surface area contributed by atoms with Gasteiger partial charge >= 0.3 is 0 Å². The SMILES string of the molecule is CCPCC1CCCC#CCCC1. The fourth-order valence-corrected chi connectivity index (χ4v) is 2.94. The maximum atomic E-state index is 3.26. The summed E-state index contributed by atoms with van der Waals surface area (Å²) >= 11 is 0. The second-order valence-electron chi connectivity index (χ2n) is 3.81. The lowest BCUT2D eigenvalue weighted by Gasteiger charge is -2.14. The second kappa shape index (κ2) is 7.40. The zero-order valence-electron chi connectivity index (χ0n) is 8.73. The molecule has 1 unspecified atom stereocenters. The van der Waals surface area contributed by atoms with E-state index in [0.29, 0.717) is 0 Å². The molecule has 1 rings (SSSR count). The van der Waals surface area contributed by atoms with Crippen LogP contribution in [0, 0.1) is 17.8 Å². The summed E-state index contributed by atoms with van der Waals surface area (Å²) in [7, 11) is 1.20. The van der Waals surface area contributed by atoms with Gasteiger partial charge < -0.3 is 0 Å². The van der Waals surface area contributed by atoms with Gasteiger partial charge in [-0.3, -0.25) is 0 Å². The van der Waals surface area contributed by atoms with E-state index >= 15 is 0 Å². The second-order valence-corrected chi connectivity index (χ2v) is 5.43. The first-order chi connectivity index (χ1) is 6.43. The van der Waals surface area contributed by atoms with Crippen LogP contribution in [-0.2, 0) is 0 Å². The third kappa shape index (κ3) is 5.33. The van der Waals surface area contributed by atoms with Crippen LogP contribution in [0.5, 0.6) is 0 Å². The van der Waals surface area contributed by atoms with Crippen LogP contribution >= 0.6 is 8.58 Å². The average molecular weight is 196 g/mol. The van der Waals surface area contributed by atoms with E-state index in [9.17, 15) is 0 Å². The molecule has 1 aliphatic carbocycles. The van der Waals surface area contributed by atoms with Gasteiger partial charge in [-0.25, -0.2) is 0 Å². The van der Waals surface area contributed by atoms with Crippen LogP contribution in [0.3, 0.4) is 0 Å². The van der Waals surface area contributed by atoms with Gasteiger partial charge in [0.15, 0.2) is 0 Å². The summed E-state index contributed by atoms with van der Waals surface area (Å²) in [4.78, 5) is 0. The Hall–Kier alpha value is -0.0100. The molecule has 1 heteroatoms. The molecule has 1 atom stereocenters. The van der Waals surface area contributed by atoms with Crippen LogP contribution in [0.2, 0.25) is 0 Å². The fraction of sp³-hybridized carbons (Fsp3) is 0.833. The van der Waals surface area contributed by atoms with Crippen LogP contribution in [-0.4, -0.2) is 12.3 Å². The Bertz CT molecular complexity index is 161. The van der Waals surface area contributed by atoms with Gasteiger partial charge in [-0.15, -0.1) is 20.4 Å². The molecule has 0 amide bonds. The summed E-state index contributed by atoms with van der Waals surface area (Å²) in [5.74, 6) is 7.53. The van der Waals surface area contributed by atoms with Crippen LogP contribution in [0.25, 0.3) is 0 Å². The van der Waals surface area contributed by atoms with Gasteiger partial charge in [0.2, 0.25) is 0 Å². The molecule has 0 radical (unpaired) electrons. The van der Waals surface area contributed by atoms with E-state index < -0.39 is 0 Å². The topological polar surface area (TPSA) is 0 Å². The zero-order chi connectivity index (χ0) is 9.36. The van der Waals surface area contributed by atoms with Crippen molar-refractivity contribution < 1.29 is 0 Å². The Balaban J connectivity index is 2.21. The van der Waals surface area contributed by atoms with Gasteiger partial charge in [-0.2, -0.15) is 0 Å². The Labute approximate surface area is 84.7 Å². The van der Waals surface area contributed by atoms with E-state index in [-0.39, 0.29) is 0 Å². The lowest BCUT2D eigenvalue weighted by molar-refractivity contribution is 0.475. The van der Waals surface area contributed by atoms with Crippen LogP contribution in [0.1, 0.15) is 45.4 Å². The lowest BCUT2D eigenvalue weighted by atomic mass is 9.99. The summed E-state index contributed by atoms with van der Waals surface area (Å²) in [6.45, 7) is 2.30. The molecule has 0 fully saturated rings. The molecule has 0 aromatic rings. The quantitative estimate of drug-likeness (QED) is 0.477. The van der Waals surface area contributed by atoms with E-state index in [2.05, 4.69) is 18.8 Å². The van der Waals surface area contributed by atoms with Crippen molar-refractivity contribution in [2.24, 2.45) is 5.92 Å². The molecule has 0 bridgehead atoms. The Morgan fingerprint density at radius 2 is 1.77 bits per heavy atom. The van der Waals surface area contributed by atoms with Crippen molar-refractivity contribution in [2.75, 3.05) is 12.3 Å². The first kappa shape index (κ1) is 11.1. The van der Waals surface area contributed by atoms with Crippen molar-refractivity contribution >= 4 is 8.58 Å². The van der Waals surface area contributed by atoms with E-state index in [0.717, 1.165) is 18.8 Å². The third-order valence-corrected chi connectivity index (χ3v) is 4.00. The molecular formula is C12H21P. The summed E-state index contributed by atoms with van der Waals surface area (Å²) in [6, 6.07) is 0. The molecule has 0 N–H and O–H groups in total. The number of hydrogen-bond donors (Lipinski definition) is 0. The van der Waals surface area contributed by atoms with E-state index in [1.54, 1.807) is 0 Å². The predicted molar refractivity (Wildman–Crippen MR) is 62.7 cm³/mol. The van der Waals surface area contributed by atoms with Crippen LogP contribution in [0.15, 0.2) is 0 Å². The highest BCUT2D eigenvalue weighted by Gasteiger charge is 2.07. The molecule has 0 saturated heterocycles. The lowest BCUT2D eigenvalue weighted by Crippen LogP contribution is -2.03. The summed E-state index contributed by atoms with van der Waals surface area (Å²) in [5, 5.41) is 0. The molecule has 1 aliphatic rings. The minimum absolute atomic E-state index is 1.01. The first-order valence-corrected chi connectivity index (χ1v) is 7.01. The van der Waals surface area contributed by atoms with Crippen molar-refractivity contribution in [1.29, 1.82) is 0 Å². The van der Waals surface area contributed by atoms with E-state index in [1.807, 2.05) is 0 Å². The third-order valence-electron chi connectivity index (χ3n) is 2.64. The maximum absolute atomic E-state index is 3.26. The number of rotatable bonds is 3. The van der Waals surface area contributed by atoms with E-state index in [1.165, 1.54) is 46.6 Å². The standard InChI is InChI=1S/C12H21P/c1-2-13-11-12-9-7-5-3-4-6-8-10-12/h12-13H,2,5-11H2,1H3. The summed E-state index contributed by atoms with van der Waals surface area (Å²) < 4.78 is 0. The highest BCUT2D eigenvalue weighted by Crippen LogP contribution is 2.24. The van der Waals surface area contributed by atoms with Gasteiger partial charge in [0, 0.05) is 12.8 Å². The highest BCUT2D eigenvalue weighted by molar-refractivity contribution is 7.37.